The first-order valence-corrected chi connectivity index (χ1v) is 7.17. The van der Waals surface area contributed by atoms with Crippen LogP contribution in [0, 0.1) is 0 Å². The molecule has 0 spiro atoms. The molecule has 5 nitrogen and oxygen atoms in total. The highest BCUT2D eigenvalue weighted by molar-refractivity contribution is 5.15. The first kappa shape index (κ1) is 17.2. The number of nitrogens with one attached hydrogen (secondary N) is 1. The van der Waals surface area contributed by atoms with E-state index in [0.717, 1.165) is 24.3 Å². The molecule has 1 aromatic heterocycles. The lowest BCUT2D eigenvalue weighted by Gasteiger charge is -2.08. The Hall–Kier alpha value is -0.880. The Labute approximate surface area is 121 Å². The molecule has 0 radical (unpaired) electrons. The molecule has 0 saturated heterocycles. The Bertz CT molecular complexity index is 338. The van der Waals surface area contributed by atoms with E-state index in [2.05, 4.69) is 19.2 Å². The van der Waals surface area contributed by atoms with Gasteiger partial charge in [0.25, 0.3) is 0 Å². The predicted molar refractivity (Wildman–Crippen MR) is 77.7 cm³/mol. The number of hydrogen-bond donors (Lipinski definition) is 1. The largest absolute Gasteiger partial charge is 0.468 e. The summed E-state index contributed by atoms with van der Waals surface area (Å²) in [5.74, 6) is 0.954. The van der Waals surface area contributed by atoms with Crippen LogP contribution < -0.4 is 5.32 Å². The number of hydrogen-bond acceptors (Lipinski definition) is 5. The number of rotatable bonds is 12. The summed E-state index contributed by atoms with van der Waals surface area (Å²) in [6.07, 6.45) is 2.60. The number of methoxy groups -OCH3 is 1. The van der Waals surface area contributed by atoms with E-state index in [1.807, 2.05) is 6.07 Å². The molecule has 0 aliphatic heterocycles. The molecule has 1 aromatic rings. The van der Waals surface area contributed by atoms with Crippen LogP contribution in [0.2, 0.25) is 0 Å². The summed E-state index contributed by atoms with van der Waals surface area (Å²) in [6, 6.07) is 2.41. The smallest absolute Gasteiger partial charge is 0.123 e. The summed E-state index contributed by atoms with van der Waals surface area (Å²) in [7, 11) is 1.67. The summed E-state index contributed by atoms with van der Waals surface area (Å²) in [5.41, 5.74) is 1.11. The van der Waals surface area contributed by atoms with Gasteiger partial charge in [0, 0.05) is 31.9 Å². The molecule has 0 saturated carbocycles. The van der Waals surface area contributed by atoms with Crippen molar-refractivity contribution < 1.29 is 18.6 Å². The molecule has 1 heterocycles. The molecule has 5 heteroatoms. The van der Waals surface area contributed by atoms with Crippen molar-refractivity contribution in [1.29, 1.82) is 0 Å². The van der Waals surface area contributed by atoms with Crippen molar-refractivity contribution in [3.05, 3.63) is 23.7 Å². The van der Waals surface area contributed by atoms with Crippen molar-refractivity contribution in [1.82, 2.24) is 5.32 Å². The Morgan fingerprint density at radius 3 is 2.70 bits per heavy atom. The average Bonchev–Trinajstić information content (AvgIpc) is 2.87. The summed E-state index contributed by atoms with van der Waals surface area (Å²) >= 11 is 0. The fourth-order valence-electron chi connectivity index (χ4n) is 1.64. The summed E-state index contributed by atoms with van der Waals surface area (Å²) in [5, 5.41) is 3.34. The second kappa shape index (κ2) is 10.9. The summed E-state index contributed by atoms with van der Waals surface area (Å²) in [6.45, 7) is 8.23. The van der Waals surface area contributed by atoms with Crippen molar-refractivity contribution in [3.63, 3.8) is 0 Å². The normalized spacial score (nSPS) is 11.4. The molecule has 0 fully saturated rings. The maximum absolute atomic E-state index is 5.63. The Kier molecular flexibility index (Phi) is 9.32. The zero-order valence-corrected chi connectivity index (χ0v) is 12.8. The molecular weight excluding hydrogens is 258 g/mol. The third-order valence-corrected chi connectivity index (χ3v) is 2.78. The van der Waals surface area contributed by atoms with Gasteiger partial charge < -0.3 is 23.9 Å². The molecule has 116 valence electrons. The highest BCUT2D eigenvalue weighted by Crippen LogP contribution is 2.12. The molecule has 0 bridgehead atoms. The summed E-state index contributed by atoms with van der Waals surface area (Å²) < 4.78 is 21.4. The van der Waals surface area contributed by atoms with Gasteiger partial charge in [0.1, 0.15) is 5.76 Å². The highest BCUT2D eigenvalue weighted by Gasteiger charge is 2.06. The van der Waals surface area contributed by atoms with Gasteiger partial charge in [-0.05, 0) is 12.5 Å². The van der Waals surface area contributed by atoms with Crippen LogP contribution in [0.3, 0.4) is 0 Å². The molecule has 20 heavy (non-hydrogen) atoms. The van der Waals surface area contributed by atoms with Crippen LogP contribution in [-0.2, 0) is 27.4 Å². The zero-order chi connectivity index (χ0) is 14.6. The molecule has 1 rings (SSSR count). The lowest BCUT2D eigenvalue weighted by molar-refractivity contribution is 0.0481. The van der Waals surface area contributed by atoms with Gasteiger partial charge in [0.05, 0.1) is 32.6 Å². The van der Waals surface area contributed by atoms with E-state index in [-0.39, 0.29) is 0 Å². The van der Waals surface area contributed by atoms with E-state index in [1.54, 1.807) is 13.4 Å². The third kappa shape index (κ3) is 7.65. The summed E-state index contributed by atoms with van der Waals surface area (Å²) in [4.78, 5) is 0. The Morgan fingerprint density at radius 1 is 1.15 bits per heavy atom. The molecular formula is C15H27NO4. The maximum atomic E-state index is 5.63. The minimum absolute atomic E-state index is 0.443. The van der Waals surface area contributed by atoms with Gasteiger partial charge in [-0.3, -0.25) is 0 Å². The lowest BCUT2D eigenvalue weighted by Crippen LogP contribution is -2.22. The first-order chi connectivity index (χ1) is 9.74. The van der Waals surface area contributed by atoms with E-state index < -0.39 is 0 Å². The quantitative estimate of drug-likeness (QED) is 0.597. The molecule has 1 N–H and O–H groups in total. The van der Waals surface area contributed by atoms with Crippen LogP contribution in [0.1, 0.15) is 31.6 Å². The number of furan rings is 1. The Morgan fingerprint density at radius 2 is 1.95 bits per heavy atom. The van der Waals surface area contributed by atoms with Crippen molar-refractivity contribution in [2.45, 2.75) is 39.5 Å². The fraction of sp³-hybridized carbons (Fsp3) is 0.733. The third-order valence-electron chi connectivity index (χ3n) is 2.78. The van der Waals surface area contributed by atoms with Crippen molar-refractivity contribution in [2.24, 2.45) is 0 Å². The SMILES string of the molecule is COCCOCCCOCc1ccoc1CNC(C)C. The van der Waals surface area contributed by atoms with Gasteiger partial charge in [0.15, 0.2) is 0 Å². The topological polar surface area (TPSA) is 52.9 Å². The minimum atomic E-state index is 0.443. The van der Waals surface area contributed by atoms with E-state index in [9.17, 15) is 0 Å². The van der Waals surface area contributed by atoms with Crippen molar-refractivity contribution in [2.75, 3.05) is 33.5 Å². The van der Waals surface area contributed by atoms with Gasteiger partial charge in [-0.2, -0.15) is 0 Å². The molecule has 0 atom stereocenters. The van der Waals surface area contributed by atoms with Crippen molar-refractivity contribution in [3.8, 4) is 0 Å². The highest BCUT2D eigenvalue weighted by atomic mass is 16.5. The molecule has 0 unspecified atom stereocenters. The zero-order valence-electron chi connectivity index (χ0n) is 12.8. The standard InChI is InChI=1S/C15H27NO4/c1-13(2)16-11-15-14(5-8-20-15)12-19-7-4-6-18-10-9-17-3/h5,8,13,16H,4,6-7,9-12H2,1-3H3. The van der Waals surface area contributed by atoms with E-state index >= 15 is 0 Å². The Balaban J connectivity index is 2.08. The molecule has 0 aliphatic rings. The van der Waals surface area contributed by atoms with Crippen LogP contribution in [0.15, 0.2) is 16.7 Å². The van der Waals surface area contributed by atoms with Crippen LogP contribution in [-0.4, -0.2) is 39.6 Å². The monoisotopic (exact) mass is 285 g/mol. The minimum Gasteiger partial charge on any atom is -0.468 e. The predicted octanol–water partition coefficient (Wildman–Crippen LogP) is 2.35. The van der Waals surface area contributed by atoms with Gasteiger partial charge in [0.2, 0.25) is 0 Å². The molecule has 0 aliphatic carbocycles. The molecule has 0 aromatic carbocycles. The average molecular weight is 285 g/mol. The second-order valence-electron chi connectivity index (χ2n) is 4.92. The van der Waals surface area contributed by atoms with E-state index in [1.165, 1.54) is 0 Å². The maximum Gasteiger partial charge on any atom is 0.123 e. The molecule has 0 amide bonds. The van der Waals surface area contributed by atoms with Crippen LogP contribution in [0.4, 0.5) is 0 Å². The van der Waals surface area contributed by atoms with Gasteiger partial charge in [-0.15, -0.1) is 0 Å². The first-order valence-electron chi connectivity index (χ1n) is 7.17. The van der Waals surface area contributed by atoms with Crippen LogP contribution in [0.5, 0.6) is 0 Å². The van der Waals surface area contributed by atoms with Crippen LogP contribution in [0.25, 0.3) is 0 Å². The van der Waals surface area contributed by atoms with E-state index in [0.29, 0.717) is 39.1 Å². The second-order valence-corrected chi connectivity index (χ2v) is 4.92. The van der Waals surface area contributed by atoms with E-state index in [4.69, 9.17) is 18.6 Å². The van der Waals surface area contributed by atoms with Gasteiger partial charge >= 0.3 is 0 Å². The lowest BCUT2D eigenvalue weighted by atomic mass is 10.2. The van der Waals surface area contributed by atoms with Crippen molar-refractivity contribution >= 4 is 0 Å². The number of ether oxygens (including phenoxy) is 3. The van der Waals surface area contributed by atoms with Crippen LogP contribution >= 0.6 is 0 Å². The fourth-order valence-corrected chi connectivity index (χ4v) is 1.64. The van der Waals surface area contributed by atoms with Gasteiger partial charge in [-0.25, -0.2) is 0 Å². The van der Waals surface area contributed by atoms with Gasteiger partial charge in [-0.1, -0.05) is 13.8 Å².